The maximum Gasteiger partial charge on any atom is 0.210 e. The molecule has 0 aliphatic rings. The highest BCUT2D eigenvalue weighted by atomic mass is 35.5. The van der Waals surface area contributed by atoms with E-state index in [1.165, 1.54) is 7.11 Å². The molecule has 21 heavy (non-hydrogen) atoms. The van der Waals surface area contributed by atoms with E-state index < -0.39 is 5.60 Å². The molecule has 2 rings (SSSR count). The number of carbonyl (C=O) groups excluding carboxylic acids is 1. The van der Waals surface area contributed by atoms with E-state index >= 15 is 0 Å². The molecule has 0 aliphatic carbocycles. The van der Waals surface area contributed by atoms with Gasteiger partial charge >= 0.3 is 0 Å². The number of rotatable bonds is 5. The third-order valence-electron chi connectivity index (χ3n) is 3.25. The number of ether oxygens (including phenoxy) is 1. The molecule has 1 aromatic heterocycles. The van der Waals surface area contributed by atoms with Crippen LogP contribution in [-0.2, 0) is 9.53 Å². The van der Waals surface area contributed by atoms with Gasteiger partial charge in [-0.15, -0.1) is 0 Å². The molecule has 0 fully saturated rings. The smallest absolute Gasteiger partial charge is 0.210 e. The van der Waals surface area contributed by atoms with Crippen molar-refractivity contribution >= 4 is 29.2 Å². The van der Waals surface area contributed by atoms with Crippen LogP contribution in [-0.4, -0.2) is 28.0 Å². The molecule has 1 heterocycles. The van der Waals surface area contributed by atoms with Crippen LogP contribution in [0.15, 0.2) is 43.0 Å². The molecule has 1 aromatic carbocycles. The highest BCUT2D eigenvalue weighted by Crippen LogP contribution is 2.22. The van der Waals surface area contributed by atoms with Crippen molar-refractivity contribution in [2.75, 3.05) is 7.11 Å². The van der Waals surface area contributed by atoms with Crippen LogP contribution in [0.5, 0.6) is 0 Å². The lowest BCUT2D eigenvalue weighted by Crippen LogP contribution is -2.35. The van der Waals surface area contributed by atoms with E-state index in [4.69, 9.17) is 16.3 Å². The zero-order valence-corrected chi connectivity index (χ0v) is 13.0. The standard InChI is InChI=1S/C16H17ClN2O2/c1-16(2,21-3)15(20)14(19-9-8-18-11-19)10-12-4-6-13(17)7-5-12/h4-11H,1-3H3. The Hall–Kier alpha value is -1.91. The Kier molecular flexibility index (Phi) is 4.60. The number of ketones is 1. The molecular formula is C16H17ClN2O2. The van der Waals surface area contributed by atoms with Crippen molar-refractivity contribution in [3.63, 3.8) is 0 Å². The lowest BCUT2D eigenvalue weighted by Gasteiger charge is -2.23. The first-order valence-electron chi connectivity index (χ1n) is 6.49. The lowest BCUT2D eigenvalue weighted by molar-refractivity contribution is -0.131. The topological polar surface area (TPSA) is 44.1 Å². The summed E-state index contributed by atoms with van der Waals surface area (Å²) in [6.45, 7) is 3.48. The number of methoxy groups -OCH3 is 1. The highest BCUT2D eigenvalue weighted by Gasteiger charge is 2.30. The Bertz CT molecular complexity index is 643. The summed E-state index contributed by atoms with van der Waals surface area (Å²) in [4.78, 5) is 16.7. The van der Waals surface area contributed by atoms with Crippen molar-refractivity contribution in [3.05, 3.63) is 53.6 Å². The van der Waals surface area contributed by atoms with Crippen molar-refractivity contribution in [2.24, 2.45) is 0 Å². The van der Waals surface area contributed by atoms with E-state index in [-0.39, 0.29) is 5.78 Å². The molecule has 5 heteroatoms. The van der Waals surface area contributed by atoms with E-state index in [0.29, 0.717) is 10.7 Å². The van der Waals surface area contributed by atoms with Gasteiger partial charge in [0.25, 0.3) is 0 Å². The predicted octanol–water partition coefficient (Wildman–Crippen LogP) is 3.53. The van der Waals surface area contributed by atoms with Gasteiger partial charge in [0, 0.05) is 24.5 Å². The summed E-state index contributed by atoms with van der Waals surface area (Å²) in [5, 5.41) is 0.653. The molecule has 2 aromatic rings. The Morgan fingerprint density at radius 1 is 1.33 bits per heavy atom. The fourth-order valence-electron chi connectivity index (χ4n) is 1.78. The number of imidazole rings is 1. The second-order valence-electron chi connectivity index (χ2n) is 5.09. The van der Waals surface area contributed by atoms with Gasteiger partial charge in [-0.1, -0.05) is 23.7 Å². The summed E-state index contributed by atoms with van der Waals surface area (Å²) in [7, 11) is 1.52. The molecule has 0 saturated carbocycles. The van der Waals surface area contributed by atoms with Gasteiger partial charge in [-0.2, -0.15) is 0 Å². The fourth-order valence-corrected chi connectivity index (χ4v) is 1.90. The zero-order chi connectivity index (χ0) is 15.5. The minimum atomic E-state index is -0.914. The van der Waals surface area contributed by atoms with Crippen LogP contribution < -0.4 is 0 Å². The maximum atomic E-state index is 12.7. The Labute approximate surface area is 129 Å². The summed E-state index contributed by atoms with van der Waals surface area (Å²) in [5.74, 6) is -0.127. The second-order valence-corrected chi connectivity index (χ2v) is 5.53. The number of carbonyl (C=O) groups is 1. The van der Waals surface area contributed by atoms with Gasteiger partial charge in [0.1, 0.15) is 5.60 Å². The van der Waals surface area contributed by atoms with Gasteiger partial charge in [-0.05, 0) is 37.6 Å². The van der Waals surface area contributed by atoms with Crippen molar-refractivity contribution in [1.82, 2.24) is 9.55 Å². The Morgan fingerprint density at radius 2 is 2.00 bits per heavy atom. The molecule has 0 unspecified atom stereocenters. The van der Waals surface area contributed by atoms with Gasteiger partial charge in [0.2, 0.25) is 5.78 Å². The summed E-state index contributed by atoms with van der Waals surface area (Å²) in [6.07, 6.45) is 6.74. The van der Waals surface area contributed by atoms with Gasteiger partial charge in [-0.3, -0.25) is 4.79 Å². The first-order chi connectivity index (χ1) is 9.94. The molecule has 0 N–H and O–H groups in total. The molecule has 0 bridgehead atoms. The third kappa shape index (κ3) is 3.60. The van der Waals surface area contributed by atoms with Crippen molar-refractivity contribution in [3.8, 4) is 0 Å². The number of benzene rings is 1. The van der Waals surface area contributed by atoms with Crippen molar-refractivity contribution in [2.45, 2.75) is 19.4 Å². The van der Waals surface area contributed by atoms with E-state index in [9.17, 15) is 4.79 Å². The SMILES string of the molecule is COC(C)(C)C(=O)C(=Cc1ccc(Cl)cc1)n1ccnc1. The molecule has 0 saturated heterocycles. The van der Waals surface area contributed by atoms with Gasteiger partial charge < -0.3 is 9.30 Å². The Balaban J connectivity index is 2.47. The number of halogens is 1. The van der Waals surface area contributed by atoms with E-state index in [1.54, 1.807) is 55.3 Å². The predicted molar refractivity (Wildman–Crippen MR) is 83.9 cm³/mol. The quantitative estimate of drug-likeness (QED) is 0.794. The van der Waals surface area contributed by atoms with Gasteiger partial charge in [0.15, 0.2) is 0 Å². The van der Waals surface area contributed by atoms with E-state index in [0.717, 1.165) is 5.56 Å². The first kappa shape index (κ1) is 15.5. The lowest BCUT2D eigenvalue weighted by atomic mass is 9.99. The summed E-state index contributed by atoms with van der Waals surface area (Å²) in [5.41, 5.74) is 0.452. The van der Waals surface area contributed by atoms with Crippen LogP contribution in [0, 0.1) is 0 Å². The van der Waals surface area contributed by atoms with E-state index in [1.807, 2.05) is 12.1 Å². The normalized spacial score (nSPS) is 12.5. The summed E-state index contributed by atoms with van der Waals surface area (Å²) >= 11 is 5.88. The van der Waals surface area contributed by atoms with Gasteiger partial charge in [-0.25, -0.2) is 4.98 Å². The number of hydrogen-bond acceptors (Lipinski definition) is 3. The average Bonchev–Trinajstić information content (AvgIpc) is 3.00. The fraction of sp³-hybridized carbons (Fsp3) is 0.250. The summed E-state index contributed by atoms with van der Waals surface area (Å²) < 4.78 is 6.97. The molecule has 0 atom stereocenters. The third-order valence-corrected chi connectivity index (χ3v) is 3.50. The zero-order valence-electron chi connectivity index (χ0n) is 12.2. The maximum absolute atomic E-state index is 12.7. The van der Waals surface area contributed by atoms with Crippen molar-refractivity contribution in [1.29, 1.82) is 0 Å². The molecule has 0 amide bonds. The van der Waals surface area contributed by atoms with Crippen LogP contribution in [0.3, 0.4) is 0 Å². The van der Waals surface area contributed by atoms with Crippen LogP contribution >= 0.6 is 11.6 Å². The average molecular weight is 305 g/mol. The van der Waals surface area contributed by atoms with Crippen LogP contribution in [0.1, 0.15) is 19.4 Å². The molecule has 0 aliphatic heterocycles. The highest BCUT2D eigenvalue weighted by molar-refractivity contribution is 6.30. The minimum Gasteiger partial charge on any atom is -0.371 e. The number of nitrogens with zero attached hydrogens (tertiary/aromatic N) is 2. The molecule has 0 radical (unpaired) electrons. The number of hydrogen-bond donors (Lipinski definition) is 0. The van der Waals surface area contributed by atoms with Crippen molar-refractivity contribution < 1.29 is 9.53 Å². The van der Waals surface area contributed by atoms with Gasteiger partial charge in [0.05, 0.1) is 12.0 Å². The van der Waals surface area contributed by atoms with E-state index in [2.05, 4.69) is 4.98 Å². The molecule has 110 valence electrons. The second kappa shape index (κ2) is 6.24. The number of Topliss-reactive ketones (excluding diaryl/α,β-unsaturated/α-hetero) is 1. The number of aromatic nitrogens is 2. The summed E-state index contributed by atoms with van der Waals surface area (Å²) in [6, 6.07) is 7.27. The molecular weight excluding hydrogens is 288 g/mol. The van der Waals surface area contributed by atoms with Crippen LogP contribution in [0.25, 0.3) is 11.8 Å². The monoisotopic (exact) mass is 304 g/mol. The molecule has 4 nitrogen and oxygen atoms in total. The minimum absolute atomic E-state index is 0.127. The Morgan fingerprint density at radius 3 is 2.52 bits per heavy atom. The van der Waals surface area contributed by atoms with Crippen LogP contribution in [0.2, 0.25) is 5.02 Å². The first-order valence-corrected chi connectivity index (χ1v) is 6.87. The molecule has 0 spiro atoms. The largest absolute Gasteiger partial charge is 0.371 e. The van der Waals surface area contributed by atoms with Crippen LogP contribution in [0.4, 0.5) is 0 Å².